The summed E-state index contributed by atoms with van der Waals surface area (Å²) in [6.07, 6.45) is 3.37. The number of aliphatic carboxylic acids is 1. The lowest BCUT2D eigenvalue weighted by atomic mass is 9.99. The highest BCUT2D eigenvalue weighted by atomic mass is 16.4. The molecule has 0 bridgehead atoms. The standard InChI is InChI=1S/C29H31N3O4/c30-17-9-3-4-10-21-15-16-25-24(18-21)29(36)31(20-27(33)32(25)23-13-7-2-8-14-23)26(19-28(34)35)22-11-5-1-6-12-22/h1-2,5-8,11-16,18,26H,3-4,9-10,17,19-20,30H2,(H,34,35). The Labute approximate surface area is 211 Å². The van der Waals surface area contributed by atoms with Gasteiger partial charge in [-0.25, -0.2) is 0 Å². The zero-order chi connectivity index (χ0) is 25.5. The first kappa shape index (κ1) is 25.1. The quantitative estimate of drug-likeness (QED) is 0.405. The number of anilines is 2. The molecular formula is C29H31N3O4. The highest BCUT2D eigenvalue weighted by Gasteiger charge is 2.37. The summed E-state index contributed by atoms with van der Waals surface area (Å²) >= 11 is 0. The third kappa shape index (κ3) is 5.63. The Morgan fingerprint density at radius 1 is 0.917 bits per heavy atom. The van der Waals surface area contributed by atoms with Crippen molar-refractivity contribution in [3.63, 3.8) is 0 Å². The van der Waals surface area contributed by atoms with Gasteiger partial charge in [0.2, 0.25) is 0 Å². The van der Waals surface area contributed by atoms with E-state index in [-0.39, 0.29) is 24.8 Å². The molecule has 0 aliphatic carbocycles. The average molecular weight is 486 g/mol. The van der Waals surface area contributed by atoms with E-state index in [2.05, 4.69) is 0 Å². The molecule has 0 spiro atoms. The lowest BCUT2D eigenvalue weighted by Crippen LogP contribution is -2.40. The Balaban J connectivity index is 1.79. The van der Waals surface area contributed by atoms with Crippen molar-refractivity contribution in [3.8, 4) is 0 Å². The van der Waals surface area contributed by atoms with Crippen LogP contribution in [0.15, 0.2) is 78.9 Å². The molecule has 3 N–H and O–H groups in total. The number of rotatable bonds is 10. The lowest BCUT2D eigenvalue weighted by molar-refractivity contribution is -0.138. The van der Waals surface area contributed by atoms with Gasteiger partial charge >= 0.3 is 5.97 Å². The number of nitrogens with zero attached hydrogens (tertiary/aromatic N) is 2. The molecule has 3 aromatic rings. The molecule has 36 heavy (non-hydrogen) atoms. The molecule has 1 heterocycles. The fourth-order valence-electron chi connectivity index (χ4n) is 4.69. The number of amides is 2. The zero-order valence-electron chi connectivity index (χ0n) is 20.2. The van der Waals surface area contributed by atoms with Gasteiger partial charge in [0.25, 0.3) is 11.8 Å². The second-order valence-electron chi connectivity index (χ2n) is 8.97. The summed E-state index contributed by atoms with van der Waals surface area (Å²) in [5, 5.41) is 9.67. The van der Waals surface area contributed by atoms with Gasteiger partial charge in [-0.15, -0.1) is 0 Å². The van der Waals surface area contributed by atoms with Gasteiger partial charge in [-0.1, -0.05) is 61.0 Å². The Kier molecular flexibility index (Phi) is 8.13. The van der Waals surface area contributed by atoms with Gasteiger partial charge in [-0.3, -0.25) is 19.3 Å². The van der Waals surface area contributed by atoms with E-state index in [1.807, 2.05) is 54.6 Å². The maximum Gasteiger partial charge on any atom is 0.305 e. The predicted octanol–water partition coefficient (Wildman–Crippen LogP) is 4.69. The number of carbonyl (C=O) groups is 3. The van der Waals surface area contributed by atoms with Gasteiger partial charge < -0.3 is 15.7 Å². The van der Waals surface area contributed by atoms with Crippen LogP contribution in [0.4, 0.5) is 11.4 Å². The summed E-state index contributed by atoms with van der Waals surface area (Å²) in [5.41, 5.74) is 8.84. The summed E-state index contributed by atoms with van der Waals surface area (Å²) in [6.45, 7) is 0.414. The second-order valence-corrected chi connectivity index (χ2v) is 8.97. The summed E-state index contributed by atoms with van der Waals surface area (Å²) in [5.74, 6) is -1.69. The van der Waals surface area contributed by atoms with Gasteiger partial charge in [0.1, 0.15) is 6.54 Å². The molecule has 4 rings (SSSR count). The van der Waals surface area contributed by atoms with Crippen molar-refractivity contribution in [3.05, 3.63) is 95.6 Å². The molecule has 1 atom stereocenters. The van der Waals surface area contributed by atoms with Crippen LogP contribution in [0.2, 0.25) is 0 Å². The molecular weight excluding hydrogens is 454 g/mol. The number of para-hydroxylation sites is 1. The third-order valence-electron chi connectivity index (χ3n) is 6.46. The van der Waals surface area contributed by atoms with E-state index in [4.69, 9.17) is 5.73 Å². The minimum Gasteiger partial charge on any atom is -0.481 e. The van der Waals surface area contributed by atoms with Gasteiger partial charge in [-0.2, -0.15) is 0 Å². The van der Waals surface area contributed by atoms with E-state index < -0.39 is 12.0 Å². The second kappa shape index (κ2) is 11.6. The maximum absolute atomic E-state index is 14.0. The van der Waals surface area contributed by atoms with Crippen LogP contribution in [-0.4, -0.2) is 40.9 Å². The minimum absolute atomic E-state index is 0.235. The summed E-state index contributed by atoms with van der Waals surface area (Å²) in [4.78, 5) is 42.5. The van der Waals surface area contributed by atoms with Crippen molar-refractivity contribution in [1.82, 2.24) is 4.90 Å². The molecule has 1 aliphatic rings. The Hall–Kier alpha value is -3.97. The zero-order valence-corrected chi connectivity index (χ0v) is 20.2. The highest BCUT2D eigenvalue weighted by molar-refractivity contribution is 6.13. The summed E-state index contributed by atoms with van der Waals surface area (Å²) in [7, 11) is 0. The monoisotopic (exact) mass is 485 g/mol. The summed E-state index contributed by atoms with van der Waals surface area (Å²) < 4.78 is 0. The molecule has 186 valence electrons. The largest absolute Gasteiger partial charge is 0.481 e. The number of hydrogen-bond acceptors (Lipinski definition) is 4. The van der Waals surface area contributed by atoms with Crippen LogP contribution in [0.5, 0.6) is 0 Å². The molecule has 0 radical (unpaired) electrons. The van der Waals surface area contributed by atoms with E-state index in [1.165, 1.54) is 4.90 Å². The number of carboxylic acid groups (broad SMARTS) is 1. The summed E-state index contributed by atoms with van der Waals surface area (Å²) in [6, 6.07) is 23.1. The number of hydrogen-bond donors (Lipinski definition) is 2. The van der Waals surface area contributed by atoms with Crippen molar-refractivity contribution < 1.29 is 19.5 Å². The van der Waals surface area contributed by atoms with Gasteiger partial charge in [-0.05, 0) is 61.2 Å². The van der Waals surface area contributed by atoms with Gasteiger partial charge in [0.05, 0.1) is 23.7 Å². The molecule has 0 saturated heterocycles. The maximum atomic E-state index is 14.0. The Morgan fingerprint density at radius 2 is 1.61 bits per heavy atom. The number of unbranched alkanes of at least 4 members (excludes halogenated alkanes) is 2. The minimum atomic E-state index is -1.04. The van der Waals surface area contributed by atoms with Crippen molar-refractivity contribution in [2.75, 3.05) is 18.0 Å². The number of aryl methyl sites for hydroxylation is 1. The molecule has 7 nitrogen and oxygen atoms in total. The molecule has 0 saturated carbocycles. The van der Waals surface area contributed by atoms with Crippen molar-refractivity contribution in [1.29, 1.82) is 0 Å². The molecule has 7 heteroatoms. The van der Waals surface area contributed by atoms with Crippen molar-refractivity contribution in [2.24, 2.45) is 5.73 Å². The lowest BCUT2D eigenvalue weighted by Gasteiger charge is -2.30. The topological polar surface area (TPSA) is 104 Å². The normalized spacial score (nSPS) is 14.4. The number of carboxylic acids is 1. The van der Waals surface area contributed by atoms with E-state index in [1.54, 1.807) is 29.2 Å². The fourth-order valence-corrected chi connectivity index (χ4v) is 4.69. The molecule has 0 aromatic heterocycles. The van der Waals surface area contributed by atoms with Crippen LogP contribution in [-0.2, 0) is 16.0 Å². The van der Waals surface area contributed by atoms with Crippen LogP contribution in [0.3, 0.4) is 0 Å². The van der Waals surface area contributed by atoms with Crippen molar-refractivity contribution in [2.45, 2.75) is 38.1 Å². The number of nitrogens with two attached hydrogens (primary N) is 1. The van der Waals surface area contributed by atoms with E-state index in [0.29, 0.717) is 29.0 Å². The Bertz CT molecular complexity index is 1210. The van der Waals surface area contributed by atoms with Gasteiger partial charge in [0.15, 0.2) is 0 Å². The van der Waals surface area contributed by atoms with Gasteiger partial charge in [0, 0.05) is 5.69 Å². The smallest absolute Gasteiger partial charge is 0.305 e. The first-order valence-corrected chi connectivity index (χ1v) is 12.3. The number of fused-ring (bicyclic) bond motifs is 1. The Morgan fingerprint density at radius 3 is 2.28 bits per heavy atom. The van der Waals surface area contributed by atoms with E-state index in [9.17, 15) is 19.5 Å². The van der Waals surface area contributed by atoms with E-state index in [0.717, 1.165) is 31.2 Å². The highest BCUT2D eigenvalue weighted by Crippen LogP contribution is 2.36. The van der Waals surface area contributed by atoms with Crippen LogP contribution in [0.1, 0.15) is 53.2 Å². The molecule has 2 amide bonds. The third-order valence-corrected chi connectivity index (χ3v) is 6.46. The van der Waals surface area contributed by atoms with Crippen LogP contribution < -0.4 is 10.6 Å². The number of carbonyl (C=O) groups excluding carboxylic acids is 2. The molecule has 3 aromatic carbocycles. The molecule has 0 fully saturated rings. The fraction of sp³-hybridized carbons (Fsp3) is 0.276. The first-order chi connectivity index (χ1) is 17.5. The molecule has 1 unspecified atom stereocenters. The van der Waals surface area contributed by atoms with Crippen LogP contribution in [0.25, 0.3) is 0 Å². The predicted molar refractivity (Wildman–Crippen MR) is 139 cm³/mol. The SMILES string of the molecule is NCCCCCc1ccc2c(c1)C(=O)N(C(CC(=O)O)c1ccccc1)CC(=O)N2c1ccccc1. The van der Waals surface area contributed by atoms with Crippen LogP contribution in [0, 0.1) is 0 Å². The number of benzene rings is 3. The first-order valence-electron chi connectivity index (χ1n) is 12.3. The molecule has 1 aliphatic heterocycles. The average Bonchev–Trinajstić information content (AvgIpc) is 3.00. The van der Waals surface area contributed by atoms with E-state index >= 15 is 0 Å². The van der Waals surface area contributed by atoms with Crippen molar-refractivity contribution >= 4 is 29.2 Å². The van der Waals surface area contributed by atoms with Crippen LogP contribution >= 0.6 is 0 Å².